The van der Waals surface area contributed by atoms with Crippen LogP contribution in [0, 0.1) is 6.92 Å². The lowest BCUT2D eigenvalue weighted by Crippen LogP contribution is -2.27. The summed E-state index contributed by atoms with van der Waals surface area (Å²) in [5.74, 6) is 0.679. The maximum atomic E-state index is 13.0. The Kier molecular flexibility index (Phi) is 6.18. The SMILES string of the molecule is Cc1oc(-c2ccccc2)nc1CN(C)S(=O)(=O)c1ccc(CC2SC(=O)NC2=O)cc1. The number of amides is 2. The van der Waals surface area contributed by atoms with Crippen LogP contribution in [0.15, 0.2) is 63.9 Å². The first-order chi connectivity index (χ1) is 15.2. The first-order valence-electron chi connectivity index (χ1n) is 9.82. The molecule has 1 saturated heterocycles. The number of nitrogens with one attached hydrogen (secondary N) is 1. The van der Waals surface area contributed by atoms with E-state index >= 15 is 0 Å². The lowest BCUT2D eigenvalue weighted by atomic mass is 10.1. The van der Waals surface area contributed by atoms with Crippen LogP contribution < -0.4 is 5.32 Å². The Labute approximate surface area is 190 Å². The predicted octanol–water partition coefficient (Wildman–Crippen LogP) is 3.36. The lowest BCUT2D eigenvalue weighted by Gasteiger charge is -2.16. The van der Waals surface area contributed by atoms with Crippen molar-refractivity contribution in [2.75, 3.05) is 7.05 Å². The minimum absolute atomic E-state index is 0.0627. The highest BCUT2D eigenvalue weighted by Crippen LogP contribution is 2.26. The summed E-state index contributed by atoms with van der Waals surface area (Å²) < 4.78 is 33.0. The van der Waals surface area contributed by atoms with E-state index in [1.165, 1.54) is 23.5 Å². The molecular weight excluding hydrogens is 450 g/mol. The van der Waals surface area contributed by atoms with Gasteiger partial charge in [-0.2, -0.15) is 4.31 Å². The standard InChI is InChI=1S/C22H21N3O5S2/c1-14-18(23-21(30-14)16-6-4-3-5-7-16)13-25(2)32(28,29)17-10-8-15(9-11-17)12-19-20(26)24-22(27)31-19/h3-11,19H,12-13H2,1-2H3,(H,24,26,27). The number of aryl methyl sites for hydroxylation is 1. The summed E-state index contributed by atoms with van der Waals surface area (Å²) in [4.78, 5) is 27.6. The Morgan fingerprint density at radius 2 is 1.78 bits per heavy atom. The van der Waals surface area contributed by atoms with Gasteiger partial charge in [-0.1, -0.05) is 42.1 Å². The predicted molar refractivity (Wildman–Crippen MR) is 120 cm³/mol. The molecule has 0 bridgehead atoms. The summed E-state index contributed by atoms with van der Waals surface area (Å²) >= 11 is 0.944. The van der Waals surface area contributed by atoms with E-state index in [1.54, 1.807) is 19.1 Å². The van der Waals surface area contributed by atoms with Crippen LogP contribution in [-0.2, 0) is 27.8 Å². The van der Waals surface area contributed by atoms with Crippen molar-refractivity contribution in [3.8, 4) is 11.5 Å². The molecule has 1 unspecified atom stereocenters. The van der Waals surface area contributed by atoms with Gasteiger partial charge in [0.05, 0.1) is 22.4 Å². The summed E-state index contributed by atoms with van der Waals surface area (Å²) in [6.45, 7) is 1.82. The quantitative estimate of drug-likeness (QED) is 0.563. The highest BCUT2D eigenvalue weighted by molar-refractivity contribution is 8.15. The molecule has 0 spiro atoms. The van der Waals surface area contributed by atoms with E-state index in [0.717, 1.165) is 22.9 Å². The van der Waals surface area contributed by atoms with Gasteiger partial charge in [0, 0.05) is 12.6 Å². The Bertz CT molecular complexity index is 1250. The van der Waals surface area contributed by atoms with Crippen molar-refractivity contribution < 1.29 is 22.4 Å². The number of aromatic nitrogens is 1. The van der Waals surface area contributed by atoms with Gasteiger partial charge in [0.1, 0.15) is 5.76 Å². The monoisotopic (exact) mass is 471 g/mol. The third-order valence-corrected chi connectivity index (χ3v) is 7.90. The number of carbonyl (C=O) groups is 2. The van der Waals surface area contributed by atoms with Crippen LogP contribution in [0.2, 0.25) is 0 Å². The van der Waals surface area contributed by atoms with E-state index in [2.05, 4.69) is 10.3 Å². The molecule has 166 valence electrons. The molecule has 10 heteroatoms. The van der Waals surface area contributed by atoms with Gasteiger partial charge < -0.3 is 4.42 Å². The summed E-state index contributed by atoms with van der Waals surface area (Å²) in [6, 6.07) is 15.7. The second-order valence-electron chi connectivity index (χ2n) is 7.38. The fourth-order valence-corrected chi connectivity index (χ4v) is 5.29. The Balaban J connectivity index is 1.47. The van der Waals surface area contributed by atoms with Crippen LogP contribution >= 0.6 is 11.8 Å². The van der Waals surface area contributed by atoms with Gasteiger partial charge in [0.25, 0.3) is 5.24 Å². The maximum Gasteiger partial charge on any atom is 0.286 e. The number of hydrogen-bond acceptors (Lipinski definition) is 7. The molecule has 1 fully saturated rings. The molecule has 0 saturated carbocycles. The van der Waals surface area contributed by atoms with Gasteiger partial charge >= 0.3 is 0 Å². The number of benzene rings is 2. The zero-order chi connectivity index (χ0) is 22.9. The second-order valence-corrected chi connectivity index (χ2v) is 10.6. The Morgan fingerprint density at radius 3 is 2.41 bits per heavy atom. The number of sulfonamides is 1. The van der Waals surface area contributed by atoms with Crippen LogP contribution in [0.4, 0.5) is 4.79 Å². The van der Waals surface area contributed by atoms with E-state index < -0.39 is 15.3 Å². The third-order valence-electron chi connectivity index (χ3n) is 5.11. The van der Waals surface area contributed by atoms with E-state index in [9.17, 15) is 18.0 Å². The van der Waals surface area contributed by atoms with Crippen LogP contribution in [-0.4, -0.2) is 41.2 Å². The topological polar surface area (TPSA) is 110 Å². The third kappa shape index (κ3) is 4.62. The van der Waals surface area contributed by atoms with Gasteiger partial charge in [-0.15, -0.1) is 0 Å². The van der Waals surface area contributed by atoms with Crippen molar-refractivity contribution in [3.63, 3.8) is 0 Å². The molecule has 32 heavy (non-hydrogen) atoms. The van der Waals surface area contributed by atoms with E-state index in [4.69, 9.17) is 4.42 Å². The normalized spacial score (nSPS) is 16.5. The number of imide groups is 1. The second kappa shape index (κ2) is 8.89. The smallest absolute Gasteiger partial charge is 0.286 e. The van der Waals surface area contributed by atoms with Gasteiger partial charge in [0.2, 0.25) is 21.8 Å². The van der Waals surface area contributed by atoms with E-state index in [1.807, 2.05) is 30.3 Å². The largest absolute Gasteiger partial charge is 0.441 e. The zero-order valence-corrected chi connectivity index (χ0v) is 19.1. The molecule has 1 atom stereocenters. The maximum absolute atomic E-state index is 13.0. The average molecular weight is 472 g/mol. The van der Waals surface area contributed by atoms with Gasteiger partial charge in [-0.25, -0.2) is 13.4 Å². The lowest BCUT2D eigenvalue weighted by molar-refractivity contribution is -0.118. The fourth-order valence-electron chi connectivity index (χ4n) is 3.29. The van der Waals surface area contributed by atoms with Crippen molar-refractivity contribution in [1.29, 1.82) is 0 Å². The Hall–Kier alpha value is -2.95. The number of hydrogen-bond donors (Lipinski definition) is 1. The van der Waals surface area contributed by atoms with Crippen LogP contribution in [0.1, 0.15) is 17.0 Å². The van der Waals surface area contributed by atoms with E-state index in [0.29, 0.717) is 23.8 Å². The molecular formula is C22H21N3O5S2. The van der Waals surface area contributed by atoms with Gasteiger partial charge in [-0.3, -0.25) is 14.9 Å². The first kappa shape index (κ1) is 22.3. The minimum Gasteiger partial charge on any atom is -0.441 e. The van der Waals surface area contributed by atoms with Crippen molar-refractivity contribution in [3.05, 3.63) is 71.6 Å². The first-order valence-corrected chi connectivity index (χ1v) is 12.1. The molecule has 4 rings (SSSR count). The molecule has 2 amide bonds. The van der Waals surface area contributed by atoms with Crippen molar-refractivity contribution >= 4 is 32.9 Å². The number of rotatable bonds is 7. The molecule has 1 N–H and O–H groups in total. The van der Waals surface area contributed by atoms with Crippen molar-refractivity contribution in [2.24, 2.45) is 0 Å². The van der Waals surface area contributed by atoms with E-state index in [-0.39, 0.29) is 22.6 Å². The molecule has 1 aliphatic rings. The summed E-state index contributed by atoms with van der Waals surface area (Å²) in [6.07, 6.45) is 0.346. The summed E-state index contributed by atoms with van der Waals surface area (Å²) in [5.41, 5.74) is 2.13. The van der Waals surface area contributed by atoms with Crippen molar-refractivity contribution in [1.82, 2.24) is 14.6 Å². The van der Waals surface area contributed by atoms with Gasteiger partial charge in [-0.05, 0) is 43.2 Å². The van der Waals surface area contributed by atoms with Crippen LogP contribution in [0.25, 0.3) is 11.5 Å². The number of carbonyl (C=O) groups excluding carboxylic acids is 2. The van der Waals surface area contributed by atoms with Gasteiger partial charge in [0.15, 0.2) is 0 Å². The molecule has 2 heterocycles. The fraction of sp³-hybridized carbons (Fsp3) is 0.227. The summed E-state index contributed by atoms with van der Waals surface area (Å²) in [7, 11) is -2.27. The number of nitrogens with zero attached hydrogens (tertiary/aromatic N) is 2. The zero-order valence-electron chi connectivity index (χ0n) is 17.4. The highest BCUT2D eigenvalue weighted by Gasteiger charge is 2.31. The molecule has 2 aromatic carbocycles. The molecule has 0 radical (unpaired) electrons. The summed E-state index contributed by atoms with van der Waals surface area (Å²) in [5, 5.41) is 1.39. The highest BCUT2D eigenvalue weighted by atomic mass is 32.2. The minimum atomic E-state index is -3.76. The molecule has 0 aliphatic carbocycles. The van der Waals surface area contributed by atoms with Crippen LogP contribution in [0.3, 0.4) is 0 Å². The molecule has 3 aromatic rings. The number of oxazole rings is 1. The Morgan fingerprint density at radius 1 is 1.09 bits per heavy atom. The molecule has 8 nitrogen and oxygen atoms in total. The molecule has 1 aliphatic heterocycles. The average Bonchev–Trinajstić information content (AvgIpc) is 3.29. The van der Waals surface area contributed by atoms with Crippen LogP contribution in [0.5, 0.6) is 0 Å². The van der Waals surface area contributed by atoms with Crippen molar-refractivity contribution in [2.45, 2.75) is 30.0 Å². The molecule has 1 aromatic heterocycles. The number of thioether (sulfide) groups is 1.